The van der Waals surface area contributed by atoms with E-state index < -0.39 is 0 Å². The molecule has 0 radical (unpaired) electrons. The average molecular weight is 131 g/mol. The van der Waals surface area contributed by atoms with Crippen LogP contribution >= 0.6 is 11.8 Å². The fourth-order valence-corrected chi connectivity index (χ4v) is 2.68. The van der Waals surface area contributed by atoms with E-state index >= 15 is 0 Å². The van der Waals surface area contributed by atoms with E-state index in [0.29, 0.717) is 18.0 Å². The Kier molecular flexibility index (Phi) is 1.03. The molecular formula is C5H9NOS. The quantitative estimate of drug-likeness (QED) is 0.496. The molecule has 2 nitrogen and oxygen atoms in total. The van der Waals surface area contributed by atoms with Gasteiger partial charge < -0.3 is 5.11 Å². The van der Waals surface area contributed by atoms with E-state index in [1.165, 1.54) is 12.3 Å². The highest BCUT2D eigenvalue weighted by Crippen LogP contribution is 2.42. The van der Waals surface area contributed by atoms with Gasteiger partial charge in [-0.25, -0.2) is 0 Å². The van der Waals surface area contributed by atoms with Crippen molar-refractivity contribution in [1.29, 1.82) is 0 Å². The average Bonchev–Trinajstić information content (AvgIpc) is 2.22. The van der Waals surface area contributed by atoms with Crippen LogP contribution in [0.25, 0.3) is 0 Å². The molecule has 0 spiro atoms. The normalized spacial score (nSPS) is 51.4. The number of rotatable bonds is 1. The Labute approximate surface area is 52.9 Å². The number of nitrogens with zero attached hydrogens (tertiary/aromatic N) is 1. The van der Waals surface area contributed by atoms with Gasteiger partial charge in [-0.1, -0.05) is 0 Å². The molecule has 3 heteroatoms. The van der Waals surface area contributed by atoms with Crippen molar-refractivity contribution in [2.75, 3.05) is 18.9 Å². The molecule has 2 aliphatic rings. The summed E-state index contributed by atoms with van der Waals surface area (Å²) in [4.78, 5) is 2.34. The largest absolute Gasteiger partial charge is 0.395 e. The van der Waals surface area contributed by atoms with E-state index in [2.05, 4.69) is 4.90 Å². The van der Waals surface area contributed by atoms with E-state index in [-0.39, 0.29) is 0 Å². The van der Waals surface area contributed by atoms with Crippen molar-refractivity contribution in [2.45, 2.75) is 11.4 Å². The molecule has 0 aliphatic carbocycles. The first kappa shape index (κ1) is 5.09. The van der Waals surface area contributed by atoms with Crippen LogP contribution in [0.1, 0.15) is 0 Å². The first-order chi connectivity index (χ1) is 3.93. The number of fused-ring (bicyclic) bond motifs is 1. The molecule has 0 saturated carbocycles. The number of hydrogen-bond acceptors (Lipinski definition) is 3. The van der Waals surface area contributed by atoms with Crippen LogP contribution < -0.4 is 0 Å². The van der Waals surface area contributed by atoms with Crippen molar-refractivity contribution >= 4 is 11.8 Å². The molecule has 0 bridgehead atoms. The summed E-state index contributed by atoms with van der Waals surface area (Å²) >= 11 is 1.97. The molecule has 0 aromatic rings. The molecule has 1 N–H and O–H groups in total. The minimum Gasteiger partial charge on any atom is -0.395 e. The van der Waals surface area contributed by atoms with Crippen LogP contribution in [0.4, 0.5) is 0 Å². The van der Waals surface area contributed by atoms with E-state index in [9.17, 15) is 0 Å². The van der Waals surface area contributed by atoms with Crippen LogP contribution in [0.3, 0.4) is 0 Å². The second kappa shape index (κ2) is 1.62. The Morgan fingerprint density at radius 2 is 2.62 bits per heavy atom. The molecule has 2 heterocycles. The Hall–Kier alpha value is 0.270. The fraction of sp³-hybridized carbons (Fsp3) is 1.00. The van der Waals surface area contributed by atoms with Gasteiger partial charge in [-0.3, -0.25) is 4.90 Å². The lowest BCUT2D eigenvalue weighted by atomic mass is 10.5. The summed E-state index contributed by atoms with van der Waals surface area (Å²) in [5, 5.41) is 9.35. The number of aliphatic hydroxyl groups excluding tert-OH is 1. The highest BCUT2D eigenvalue weighted by Gasteiger charge is 2.50. The highest BCUT2D eigenvalue weighted by molar-refractivity contribution is 8.00. The molecule has 8 heavy (non-hydrogen) atoms. The van der Waals surface area contributed by atoms with Gasteiger partial charge in [-0.05, 0) is 0 Å². The van der Waals surface area contributed by atoms with Crippen molar-refractivity contribution in [2.24, 2.45) is 0 Å². The summed E-state index contributed by atoms with van der Waals surface area (Å²) in [7, 11) is 0. The predicted octanol–water partition coefficient (Wildman–Crippen LogP) is -0.264. The third kappa shape index (κ3) is 0.522. The minimum absolute atomic E-state index is 0.359. The zero-order valence-electron chi connectivity index (χ0n) is 4.58. The molecular weight excluding hydrogens is 122 g/mol. The lowest BCUT2D eigenvalue weighted by Gasteiger charge is -1.94. The van der Waals surface area contributed by atoms with Gasteiger partial charge in [0.2, 0.25) is 0 Å². The van der Waals surface area contributed by atoms with Crippen LogP contribution in [0, 0.1) is 0 Å². The number of aliphatic hydroxyl groups is 1. The highest BCUT2D eigenvalue weighted by atomic mass is 32.2. The van der Waals surface area contributed by atoms with Crippen molar-refractivity contribution in [3.63, 3.8) is 0 Å². The van der Waals surface area contributed by atoms with Crippen molar-refractivity contribution in [1.82, 2.24) is 4.90 Å². The monoisotopic (exact) mass is 131 g/mol. The summed E-state index contributed by atoms with van der Waals surface area (Å²) < 4.78 is 0. The molecule has 3 atom stereocenters. The van der Waals surface area contributed by atoms with Gasteiger partial charge in [0.1, 0.15) is 0 Å². The standard InChI is InChI=1S/C5H9NOS/c7-3-4-5-6(4)1-2-8-5/h4-5,7H,1-3H2/t4-,5?,6?/m0/s1. The van der Waals surface area contributed by atoms with Gasteiger partial charge in [0.15, 0.2) is 0 Å². The second-order valence-electron chi connectivity index (χ2n) is 2.25. The molecule has 0 amide bonds. The third-order valence-corrected chi connectivity index (χ3v) is 3.16. The maximum absolute atomic E-state index is 8.66. The summed E-state index contributed by atoms with van der Waals surface area (Å²) in [5.41, 5.74) is 0. The van der Waals surface area contributed by atoms with Gasteiger partial charge in [0.25, 0.3) is 0 Å². The summed E-state index contributed by atoms with van der Waals surface area (Å²) in [6.07, 6.45) is 0. The van der Waals surface area contributed by atoms with Crippen LogP contribution in [0.5, 0.6) is 0 Å². The first-order valence-corrected chi connectivity index (χ1v) is 3.96. The topological polar surface area (TPSA) is 23.2 Å². The summed E-state index contributed by atoms with van der Waals surface area (Å²) in [6, 6.07) is 0.522. The predicted molar refractivity (Wildman–Crippen MR) is 33.8 cm³/mol. The Bertz CT molecular complexity index is 91.8. The molecule has 2 unspecified atom stereocenters. The van der Waals surface area contributed by atoms with Gasteiger partial charge >= 0.3 is 0 Å². The van der Waals surface area contributed by atoms with Crippen LogP contribution in [-0.4, -0.2) is 40.3 Å². The van der Waals surface area contributed by atoms with Gasteiger partial charge in [0, 0.05) is 12.3 Å². The first-order valence-electron chi connectivity index (χ1n) is 2.91. The zero-order valence-corrected chi connectivity index (χ0v) is 5.40. The van der Waals surface area contributed by atoms with E-state index in [4.69, 9.17) is 5.11 Å². The second-order valence-corrected chi connectivity index (χ2v) is 3.47. The van der Waals surface area contributed by atoms with Gasteiger partial charge in [0.05, 0.1) is 18.0 Å². The molecule has 0 aromatic carbocycles. The molecule has 2 aliphatic heterocycles. The van der Waals surface area contributed by atoms with E-state index in [1.54, 1.807) is 0 Å². The maximum atomic E-state index is 8.66. The Morgan fingerprint density at radius 1 is 1.75 bits per heavy atom. The Morgan fingerprint density at radius 3 is 3.00 bits per heavy atom. The van der Waals surface area contributed by atoms with Crippen LogP contribution in [-0.2, 0) is 0 Å². The molecule has 2 fully saturated rings. The number of hydrogen-bond donors (Lipinski definition) is 1. The summed E-state index contributed by atoms with van der Waals surface area (Å²) in [5.74, 6) is 1.27. The maximum Gasteiger partial charge on any atom is 0.0742 e. The van der Waals surface area contributed by atoms with E-state index in [0.717, 1.165) is 0 Å². The molecule has 2 rings (SSSR count). The van der Waals surface area contributed by atoms with E-state index in [1.807, 2.05) is 11.8 Å². The molecule has 2 saturated heterocycles. The van der Waals surface area contributed by atoms with Gasteiger partial charge in [-0.15, -0.1) is 11.8 Å². The summed E-state index contributed by atoms with van der Waals surface area (Å²) in [6.45, 7) is 1.55. The third-order valence-electron chi connectivity index (χ3n) is 1.82. The van der Waals surface area contributed by atoms with Crippen LogP contribution in [0.2, 0.25) is 0 Å². The zero-order chi connectivity index (χ0) is 5.56. The Balaban J connectivity index is 1.94. The van der Waals surface area contributed by atoms with Crippen LogP contribution in [0.15, 0.2) is 0 Å². The van der Waals surface area contributed by atoms with Crippen molar-refractivity contribution < 1.29 is 5.11 Å². The van der Waals surface area contributed by atoms with Gasteiger partial charge in [-0.2, -0.15) is 0 Å². The lowest BCUT2D eigenvalue weighted by molar-refractivity contribution is 0.275. The smallest absolute Gasteiger partial charge is 0.0742 e. The lowest BCUT2D eigenvalue weighted by Crippen LogP contribution is -2.07. The number of thioether (sulfide) groups is 1. The van der Waals surface area contributed by atoms with Crippen molar-refractivity contribution in [3.05, 3.63) is 0 Å². The van der Waals surface area contributed by atoms with Crippen molar-refractivity contribution in [3.8, 4) is 0 Å². The molecule has 0 aromatic heterocycles. The minimum atomic E-state index is 0.359. The fourth-order valence-electron chi connectivity index (χ4n) is 1.28. The SMILES string of the molecule is OC[C@H]1C2SCCN21. The molecule has 46 valence electrons.